The Morgan fingerprint density at radius 3 is 2.36 bits per heavy atom. The second-order valence-corrected chi connectivity index (χ2v) is 7.25. The van der Waals surface area contributed by atoms with Crippen molar-refractivity contribution in [1.29, 1.82) is 0 Å². The Kier molecular flexibility index (Phi) is 3.58. The van der Waals surface area contributed by atoms with Crippen LogP contribution in [0.15, 0.2) is 48.5 Å². The van der Waals surface area contributed by atoms with Crippen LogP contribution in [0, 0.1) is 0 Å². The number of carbonyl (C=O) groups excluding carboxylic acids is 1. The van der Waals surface area contributed by atoms with E-state index in [4.69, 9.17) is 11.6 Å². The van der Waals surface area contributed by atoms with Crippen LogP contribution >= 0.6 is 11.6 Å². The first kappa shape index (κ1) is 14.9. The van der Waals surface area contributed by atoms with Gasteiger partial charge in [-0.25, -0.2) is 8.61 Å². The standard InChI is InChI=1S/C15H13ClN2O3S/c1-17-15(19)13-4-2-3-5-14(13)18(22(17,20)21)10-11-6-8-12(16)9-7-11/h2-9H,10H2,1H3. The van der Waals surface area contributed by atoms with Gasteiger partial charge in [0.1, 0.15) is 0 Å². The van der Waals surface area contributed by atoms with E-state index >= 15 is 0 Å². The molecule has 0 aromatic heterocycles. The molecule has 0 saturated carbocycles. The zero-order chi connectivity index (χ0) is 15.9. The lowest BCUT2D eigenvalue weighted by atomic mass is 10.1. The lowest BCUT2D eigenvalue weighted by Gasteiger charge is -2.35. The molecule has 7 heteroatoms. The van der Waals surface area contributed by atoms with E-state index in [2.05, 4.69) is 0 Å². The van der Waals surface area contributed by atoms with Crippen molar-refractivity contribution in [3.05, 3.63) is 64.7 Å². The van der Waals surface area contributed by atoms with Crippen LogP contribution in [0.3, 0.4) is 0 Å². The van der Waals surface area contributed by atoms with Gasteiger partial charge in [-0.2, -0.15) is 8.42 Å². The molecule has 0 bridgehead atoms. The highest BCUT2D eigenvalue weighted by Crippen LogP contribution is 2.32. The van der Waals surface area contributed by atoms with E-state index in [1.807, 2.05) is 0 Å². The predicted octanol–water partition coefficient (Wildman–Crippen LogP) is 2.68. The molecule has 1 amide bonds. The van der Waals surface area contributed by atoms with Crippen LogP contribution in [0.2, 0.25) is 5.02 Å². The van der Waals surface area contributed by atoms with Crippen molar-refractivity contribution in [2.75, 3.05) is 11.4 Å². The number of benzene rings is 2. The Labute approximate surface area is 133 Å². The molecule has 5 nitrogen and oxygen atoms in total. The minimum atomic E-state index is -3.89. The maximum atomic E-state index is 12.6. The average molecular weight is 337 g/mol. The molecule has 2 aromatic carbocycles. The molecule has 0 atom stereocenters. The number of carbonyl (C=O) groups is 1. The molecular formula is C15H13ClN2O3S. The number of anilines is 1. The van der Waals surface area contributed by atoms with Gasteiger partial charge in [0.2, 0.25) is 0 Å². The van der Waals surface area contributed by atoms with Gasteiger partial charge in [0.05, 0.1) is 17.8 Å². The number of amides is 1. The van der Waals surface area contributed by atoms with Gasteiger partial charge in [-0.1, -0.05) is 35.9 Å². The van der Waals surface area contributed by atoms with E-state index in [9.17, 15) is 13.2 Å². The van der Waals surface area contributed by atoms with Gasteiger partial charge < -0.3 is 0 Å². The van der Waals surface area contributed by atoms with Crippen LogP contribution in [-0.2, 0) is 16.8 Å². The normalized spacial score (nSPS) is 16.5. The second-order valence-electron chi connectivity index (χ2n) is 4.93. The third-order valence-electron chi connectivity index (χ3n) is 3.55. The molecule has 22 heavy (non-hydrogen) atoms. The highest BCUT2D eigenvalue weighted by atomic mass is 35.5. The van der Waals surface area contributed by atoms with Crippen molar-refractivity contribution in [1.82, 2.24) is 4.31 Å². The topological polar surface area (TPSA) is 57.7 Å². The minimum Gasteiger partial charge on any atom is -0.268 e. The summed E-state index contributed by atoms with van der Waals surface area (Å²) in [6.07, 6.45) is 0. The van der Waals surface area contributed by atoms with Crippen LogP contribution < -0.4 is 4.31 Å². The fourth-order valence-electron chi connectivity index (χ4n) is 2.34. The smallest absolute Gasteiger partial charge is 0.268 e. The van der Waals surface area contributed by atoms with Crippen molar-refractivity contribution >= 4 is 33.4 Å². The molecular weight excluding hydrogens is 324 g/mol. The Balaban J connectivity index is 2.10. The lowest BCUT2D eigenvalue weighted by molar-refractivity contribution is 0.0879. The van der Waals surface area contributed by atoms with Gasteiger partial charge in [-0.3, -0.25) is 4.79 Å². The van der Waals surface area contributed by atoms with E-state index in [-0.39, 0.29) is 6.54 Å². The van der Waals surface area contributed by atoms with E-state index in [0.717, 1.165) is 9.87 Å². The van der Waals surface area contributed by atoms with Gasteiger partial charge in [0, 0.05) is 12.1 Å². The van der Waals surface area contributed by atoms with Crippen LogP contribution in [-0.4, -0.2) is 25.7 Å². The summed E-state index contributed by atoms with van der Waals surface area (Å²) in [5.74, 6) is -0.525. The first-order chi connectivity index (χ1) is 10.4. The molecule has 0 unspecified atom stereocenters. The number of rotatable bonds is 2. The quantitative estimate of drug-likeness (QED) is 0.847. The van der Waals surface area contributed by atoms with E-state index in [1.54, 1.807) is 48.5 Å². The molecule has 0 radical (unpaired) electrons. The maximum absolute atomic E-state index is 12.6. The highest BCUT2D eigenvalue weighted by Gasteiger charge is 2.39. The van der Waals surface area contributed by atoms with Gasteiger partial charge in [-0.05, 0) is 29.8 Å². The molecule has 0 N–H and O–H groups in total. The van der Waals surface area contributed by atoms with E-state index < -0.39 is 16.1 Å². The number of para-hydroxylation sites is 1. The molecule has 2 aromatic rings. The fourth-order valence-corrected chi connectivity index (χ4v) is 3.79. The maximum Gasteiger partial charge on any atom is 0.328 e. The van der Waals surface area contributed by atoms with Gasteiger partial charge >= 0.3 is 10.2 Å². The van der Waals surface area contributed by atoms with Crippen molar-refractivity contribution in [3.63, 3.8) is 0 Å². The molecule has 3 rings (SSSR count). The van der Waals surface area contributed by atoms with Gasteiger partial charge in [0.25, 0.3) is 5.91 Å². The second kappa shape index (κ2) is 5.30. The average Bonchev–Trinajstić information content (AvgIpc) is 2.51. The number of hydrogen-bond acceptors (Lipinski definition) is 3. The zero-order valence-electron chi connectivity index (χ0n) is 11.7. The summed E-state index contributed by atoms with van der Waals surface area (Å²) in [6, 6.07) is 13.6. The Morgan fingerprint density at radius 1 is 1.05 bits per heavy atom. The Hall–Kier alpha value is -2.05. The van der Waals surface area contributed by atoms with Crippen LogP contribution in [0.5, 0.6) is 0 Å². The lowest BCUT2D eigenvalue weighted by Crippen LogP contribution is -2.49. The number of halogens is 1. The van der Waals surface area contributed by atoms with Gasteiger partial charge in [0.15, 0.2) is 0 Å². The summed E-state index contributed by atoms with van der Waals surface area (Å²) in [7, 11) is -2.62. The Bertz CT molecular complexity index is 834. The third kappa shape index (κ3) is 2.34. The molecule has 1 heterocycles. The summed E-state index contributed by atoms with van der Waals surface area (Å²) in [5, 5.41) is 0.581. The SMILES string of the molecule is CN1C(=O)c2ccccc2N(Cc2ccc(Cl)cc2)S1(=O)=O. The summed E-state index contributed by atoms with van der Waals surface area (Å²) >= 11 is 5.85. The van der Waals surface area contributed by atoms with Gasteiger partial charge in [-0.15, -0.1) is 0 Å². The van der Waals surface area contributed by atoms with Crippen molar-refractivity contribution in [2.24, 2.45) is 0 Å². The number of nitrogens with zero attached hydrogens (tertiary/aromatic N) is 2. The third-order valence-corrected chi connectivity index (χ3v) is 5.55. The molecule has 1 aliphatic rings. The Morgan fingerprint density at radius 2 is 1.68 bits per heavy atom. The highest BCUT2D eigenvalue weighted by molar-refractivity contribution is 7.91. The predicted molar refractivity (Wildman–Crippen MR) is 85.1 cm³/mol. The summed E-state index contributed by atoms with van der Waals surface area (Å²) in [5.41, 5.74) is 1.54. The minimum absolute atomic E-state index is 0.133. The summed E-state index contributed by atoms with van der Waals surface area (Å²) in [6.45, 7) is 0.133. The molecule has 1 aliphatic heterocycles. The van der Waals surface area contributed by atoms with Crippen molar-refractivity contribution in [2.45, 2.75) is 6.54 Å². The van der Waals surface area contributed by atoms with E-state index in [1.165, 1.54) is 11.4 Å². The molecule has 0 aliphatic carbocycles. The largest absolute Gasteiger partial charge is 0.328 e. The number of hydrogen-bond donors (Lipinski definition) is 0. The summed E-state index contributed by atoms with van der Waals surface area (Å²) in [4.78, 5) is 12.2. The van der Waals surface area contributed by atoms with E-state index in [0.29, 0.717) is 16.3 Å². The molecule has 114 valence electrons. The van der Waals surface area contributed by atoms with Crippen LogP contribution in [0.1, 0.15) is 15.9 Å². The molecule has 0 fully saturated rings. The molecule has 0 saturated heterocycles. The number of fused-ring (bicyclic) bond motifs is 1. The fraction of sp³-hybridized carbons (Fsp3) is 0.133. The van der Waals surface area contributed by atoms with Crippen molar-refractivity contribution < 1.29 is 13.2 Å². The monoisotopic (exact) mass is 336 g/mol. The van der Waals surface area contributed by atoms with Crippen LogP contribution in [0.25, 0.3) is 0 Å². The first-order valence-corrected chi connectivity index (χ1v) is 8.33. The first-order valence-electron chi connectivity index (χ1n) is 6.55. The summed E-state index contributed by atoms with van der Waals surface area (Å²) < 4.78 is 27.1. The van der Waals surface area contributed by atoms with Crippen LogP contribution in [0.4, 0.5) is 5.69 Å². The van der Waals surface area contributed by atoms with Crippen molar-refractivity contribution in [3.8, 4) is 0 Å². The molecule has 0 spiro atoms. The zero-order valence-corrected chi connectivity index (χ0v) is 13.3.